The van der Waals surface area contributed by atoms with Gasteiger partial charge in [0.2, 0.25) is 5.91 Å². The summed E-state index contributed by atoms with van der Waals surface area (Å²) in [5, 5.41) is 11.6. The molecule has 1 amide bonds. The third kappa shape index (κ3) is 5.28. The van der Waals surface area contributed by atoms with Crippen LogP contribution >= 0.6 is 23.1 Å². The van der Waals surface area contributed by atoms with E-state index in [1.807, 2.05) is 29.2 Å². The Hall–Kier alpha value is -2.36. The number of thioether (sulfide) groups is 1. The number of ether oxygens (including phenoxy) is 1. The van der Waals surface area contributed by atoms with E-state index in [1.54, 1.807) is 18.4 Å². The zero-order valence-corrected chi connectivity index (χ0v) is 19.5. The first-order valence-electron chi connectivity index (χ1n) is 10.4. The molecule has 9 heteroatoms. The van der Waals surface area contributed by atoms with Gasteiger partial charge in [-0.1, -0.05) is 17.8 Å². The number of nitrogens with zero attached hydrogens (tertiary/aromatic N) is 5. The molecule has 2 aromatic heterocycles. The average Bonchev–Trinajstić information content (AvgIpc) is 3.47. The highest BCUT2D eigenvalue weighted by atomic mass is 32.2. The number of carbonyl (C=O) groups is 1. The van der Waals surface area contributed by atoms with Crippen LogP contribution < -0.4 is 4.74 Å². The van der Waals surface area contributed by atoms with E-state index >= 15 is 0 Å². The summed E-state index contributed by atoms with van der Waals surface area (Å²) in [6.07, 6.45) is 0. The molecule has 1 saturated heterocycles. The minimum atomic E-state index is 0.164. The molecule has 0 atom stereocenters. The number of hydrogen-bond acceptors (Lipinski definition) is 7. The summed E-state index contributed by atoms with van der Waals surface area (Å²) in [5.74, 6) is 2.16. The number of hydrogen-bond donors (Lipinski definition) is 0. The number of aromatic nitrogens is 3. The zero-order valence-electron chi connectivity index (χ0n) is 17.9. The highest BCUT2D eigenvalue weighted by Crippen LogP contribution is 2.26. The average molecular weight is 458 g/mol. The first-order valence-corrected chi connectivity index (χ1v) is 12.3. The summed E-state index contributed by atoms with van der Waals surface area (Å²) in [7, 11) is 1.65. The fraction of sp³-hybridized carbons (Fsp3) is 0.409. The molecule has 1 aliphatic rings. The number of amides is 1. The maximum Gasteiger partial charge on any atom is 0.233 e. The maximum atomic E-state index is 12.8. The second-order valence-electron chi connectivity index (χ2n) is 7.30. The molecule has 3 heterocycles. The minimum Gasteiger partial charge on any atom is -0.497 e. The van der Waals surface area contributed by atoms with Gasteiger partial charge in [0.1, 0.15) is 5.75 Å². The Balaban J connectivity index is 1.31. The Kier molecular flexibility index (Phi) is 7.26. The van der Waals surface area contributed by atoms with Crippen LogP contribution in [0.25, 0.3) is 11.4 Å². The van der Waals surface area contributed by atoms with Crippen molar-refractivity contribution in [1.29, 1.82) is 0 Å². The number of rotatable bonds is 8. The van der Waals surface area contributed by atoms with Crippen LogP contribution in [0.4, 0.5) is 0 Å². The summed E-state index contributed by atoms with van der Waals surface area (Å²) >= 11 is 3.25. The number of carbonyl (C=O) groups excluding carboxylic acids is 1. The highest BCUT2D eigenvalue weighted by molar-refractivity contribution is 7.99. The molecule has 0 unspecified atom stereocenters. The quantitative estimate of drug-likeness (QED) is 0.483. The topological polar surface area (TPSA) is 63.5 Å². The van der Waals surface area contributed by atoms with Crippen molar-refractivity contribution in [3.63, 3.8) is 0 Å². The molecule has 0 N–H and O–H groups in total. The predicted molar refractivity (Wildman–Crippen MR) is 125 cm³/mol. The largest absolute Gasteiger partial charge is 0.497 e. The van der Waals surface area contributed by atoms with Crippen LogP contribution in [0.2, 0.25) is 0 Å². The summed E-state index contributed by atoms with van der Waals surface area (Å²) in [6.45, 7) is 7.18. The SMILES string of the molecule is CCn1c(SCC(=O)N2CCN(Cc3cccs3)CC2)nnc1-c1ccc(OC)cc1. The molecule has 164 valence electrons. The molecule has 1 aromatic carbocycles. The summed E-state index contributed by atoms with van der Waals surface area (Å²) in [5.41, 5.74) is 0.982. The van der Waals surface area contributed by atoms with Crippen LogP contribution in [0.3, 0.4) is 0 Å². The second kappa shape index (κ2) is 10.3. The lowest BCUT2D eigenvalue weighted by atomic mass is 10.2. The second-order valence-corrected chi connectivity index (χ2v) is 9.28. The van der Waals surface area contributed by atoms with E-state index < -0.39 is 0 Å². The fourth-order valence-corrected chi connectivity index (χ4v) is 5.28. The smallest absolute Gasteiger partial charge is 0.233 e. The van der Waals surface area contributed by atoms with Crippen molar-refractivity contribution < 1.29 is 9.53 Å². The molecule has 3 aromatic rings. The van der Waals surface area contributed by atoms with Gasteiger partial charge in [0.15, 0.2) is 11.0 Å². The molecule has 31 heavy (non-hydrogen) atoms. The fourth-order valence-electron chi connectivity index (χ4n) is 3.63. The number of methoxy groups -OCH3 is 1. The van der Waals surface area contributed by atoms with E-state index in [4.69, 9.17) is 4.74 Å². The lowest BCUT2D eigenvalue weighted by molar-refractivity contribution is -0.130. The molecule has 1 aliphatic heterocycles. The van der Waals surface area contributed by atoms with Gasteiger partial charge in [-0.25, -0.2) is 0 Å². The van der Waals surface area contributed by atoms with Gasteiger partial charge in [-0.15, -0.1) is 21.5 Å². The van der Waals surface area contributed by atoms with E-state index in [9.17, 15) is 4.79 Å². The zero-order chi connectivity index (χ0) is 21.6. The van der Waals surface area contributed by atoms with Crippen LogP contribution in [0.1, 0.15) is 11.8 Å². The van der Waals surface area contributed by atoms with E-state index in [2.05, 4.69) is 44.1 Å². The number of piperazine rings is 1. The highest BCUT2D eigenvalue weighted by Gasteiger charge is 2.22. The van der Waals surface area contributed by atoms with Gasteiger partial charge in [0.25, 0.3) is 0 Å². The molecular weight excluding hydrogens is 430 g/mol. The van der Waals surface area contributed by atoms with Gasteiger partial charge in [0, 0.05) is 49.7 Å². The molecule has 1 fully saturated rings. The van der Waals surface area contributed by atoms with Gasteiger partial charge >= 0.3 is 0 Å². The Morgan fingerprint density at radius 2 is 1.90 bits per heavy atom. The van der Waals surface area contributed by atoms with E-state index in [-0.39, 0.29) is 5.91 Å². The summed E-state index contributed by atoms with van der Waals surface area (Å²) in [4.78, 5) is 18.5. The van der Waals surface area contributed by atoms with Crippen molar-refractivity contribution >= 4 is 29.0 Å². The standard InChI is InChI=1S/C22H27N5O2S2/c1-3-27-21(17-6-8-18(29-2)9-7-17)23-24-22(27)31-16-20(28)26-12-10-25(11-13-26)15-19-5-4-14-30-19/h4-9,14H,3,10-13,15-16H2,1-2H3. The predicted octanol–water partition coefficient (Wildman–Crippen LogP) is 3.47. The molecular formula is C22H27N5O2S2. The Morgan fingerprint density at radius 3 is 2.55 bits per heavy atom. The summed E-state index contributed by atoms with van der Waals surface area (Å²) < 4.78 is 7.28. The van der Waals surface area contributed by atoms with Crippen molar-refractivity contribution in [1.82, 2.24) is 24.6 Å². The number of benzene rings is 1. The lowest BCUT2D eigenvalue weighted by Crippen LogP contribution is -2.48. The van der Waals surface area contributed by atoms with Gasteiger partial charge in [-0.05, 0) is 42.6 Å². The first kappa shape index (κ1) is 21.9. The van der Waals surface area contributed by atoms with E-state index in [0.29, 0.717) is 5.75 Å². The van der Waals surface area contributed by atoms with Crippen molar-refractivity contribution in [2.45, 2.75) is 25.2 Å². The molecule has 7 nitrogen and oxygen atoms in total. The molecule has 0 saturated carbocycles. The van der Waals surface area contributed by atoms with E-state index in [1.165, 1.54) is 16.6 Å². The van der Waals surface area contributed by atoms with Gasteiger partial charge in [0.05, 0.1) is 12.9 Å². The minimum absolute atomic E-state index is 0.164. The molecule has 0 spiro atoms. The lowest BCUT2D eigenvalue weighted by Gasteiger charge is -2.34. The van der Waals surface area contributed by atoms with Crippen molar-refractivity contribution in [3.8, 4) is 17.1 Å². The third-order valence-corrected chi connectivity index (χ3v) is 7.20. The van der Waals surface area contributed by atoms with Gasteiger partial charge < -0.3 is 14.2 Å². The Morgan fingerprint density at radius 1 is 1.13 bits per heavy atom. The maximum absolute atomic E-state index is 12.8. The normalized spacial score (nSPS) is 14.7. The summed E-state index contributed by atoms with van der Waals surface area (Å²) in [6, 6.07) is 12.0. The molecule has 0 bridgehead atoms. The Labute approximate surface area is 191 Å². The van der Waals surface area contributed by atoms with Crippen LogP contribution in [0, 0.1) is 0 Å². The monoisotopic (exact) mass is 457 g/mol. The van der Waals surface area contributed by atoms with Crippen molar-refractivity contribution in [2.75, 3.05) is 39.0 Å². The van der Waals surface area contributed by atoms with Crippen LogP contribution in [-0.4, -0.2) is 69.5 Å². The molecule has 0 radical (unpaired) electrons. The van der Waals surface area contributed by atoms with Crippen molar-refractivity contribution in [3.05, 3.63) is 46.7 Å². The molecule has 4 rings (SSSR count). The third-order valence-electron chi connectivity index (χ3n) is 5.39. The van der Waals surface area contributed by atoms with Crippen molar-refractivity contribution in [2.24, 2.45) is 0 Å². The van der Waals surface area contributed by atoms with Gasteiger partial charge in [-0.2, -0.15) is 0 Å². The Bertz CT molecular complexity index is 980. The number of thiophene rings is 1. The van der Waals surface area contributed by atoms with Gasteiger partial charge in [-0.3, -0.25) is 9.69 Å². The molecule has 0 aliphatic carbocycles. The first-order chi connectivity index (χ1) is 15.2. The van der Waals surface area contributed by atoms with Crippen LogP contribution in [0.15, 0.2) is 46.9 Å². The van der Waals surface area contributed by atoms with Crippen LogP contribution in [-0.2, 0) is 17.9 Å². The van der Waals surface area contributed by atoms with E-state index in [0.717, 1.165) is 61.6 Å². The van der Waals surface area contributed by atoms with Crippen LogP contribution in [0.5, 0.6) is 5.75 Å².